The van der Waals surface area contributed by atoms with Gasteiger partial charge in [0.25, 0.3) is 5.91 Å². The molecule has 2 saturated heterocycles. The van der Waals surface area contributed by atoms with Crippen molar-refractivity contribution in [1.82, 2.24) is 15.5 Å². The maximum absolute atomic E-state index is 12.2. The van der Waals surface area contributed by atoms with Gasteiger partial charge in [-0.1, -0.05) is 18.2 Å². The fourth-order valence-electron chi connectivity index (χ4n) is 3.17. The summed E-state index contributed by atoms with van der Waals surface area (Å²) >= 11 is 0. The molecule has 2 bridgehead atoms. The molecular formula is C17H23N3O3. The van der Waals surface area contributed by atoms with Crippen LogP contribution >= 0.6 is 0 Å². The lowest BCUT2D eigenvalue weighted by Crippen LogP contribution is -2.44. The smallest absolute Gasteiger partial charge is 0.258 e. The fourth-order valence-corrected chi connectivity index (χ4v) is 3.17. The van der Waals surface area contributed by atoms with Gasteiger partial charge in [0.1, 0.15) is 5.75 Å². The van der Waals surface area contributed by atoms with E-state index in [1.807, 2.05) is 23.1 Å². The van der Waals surface area contributed by atoms with Gasteiger partial charge in [-0.05, 0) is 31.4 Å². The molecule has 6 nitrogen and oxygen atoms in total. The largest absolute Gasteiger partial charge is 0.484 e. The average Bonchev–Trinajstić information content (AvgIpc) is 2.90. The third-order valence-corrected chi connectivity index (χ3v) is 4.43. The number of likely N-dealkylation sites (tertiary alicyclic amines) is 1. The molecule has 2 aliphatic heterocycles. The number of carbonyl (C=O) groups is 2. The molecule has 2 aliphatic rings. The van der Waals surface area contributed by atoms with Crippen LogP contribution in [0.25, 0.3) is 0 Å². The number of para-hydroxylation sites is 1. The van der Waals surface area contributed by atoms with E-state index in [1.54, 1.807) is 12.1 Å². The van der Waals surface area contributed by atoms with Crippen LogP contribution in [0.2, 0.25) is 0 Å². The standard InChI is InChI=1S/C17H23N3O3/c21-16(12-23-15-4-2-1-3-5-15)18-10-17(22)20-9-8-13-6-7-14(11-20)19-13/h1-5,13-14,19H,6-12H2,(H,18,21). The summed E-state index contributed by atoms with van der Waals surface area (Å²) in [5.41, 5.74) is 0. The molecule has 3 rings (SSSR count). The van der Waals surface area contributed by atoms with Gasteiger partial charge in [0, 0.05) is 25.2 Å². The second-order valence-corrected chi connectivity index (χ2v) is 6.14. The summed E-state index contributed by atoms with van der Waals surface area (Å²) in [4.78, 5) is 25.9. The summed E-state index contributed by atoms with van der Waals surface area (Å²) in [7, 11) is 0. The molecule has 2 unspecified atom stereocenters. The highest BCUT2D eigenvalue weighted by Crippen LogP contribution is 2.20. The molecule has 23 heavy (non-hydrogen) atoms. The van der Waals surface area contributed by atoms with E-state index in [9.17, 15) is 9.59 Å². The van der Waals surface area contributed by atoms with Crippen LogP contribution in [0.5, 0.6) is 5.75 Å². The highest BCUT2D eigenvalue weighted by atomic mass is 16.5. The van der Waals surface area contributed by atoms with Crippen LogP contribution in [0, 0.1) is 0 Å². The van der Waals surface area contributed by atoms with Crippen molar-refractivity contribution in [2.75, 3.05) is 26.2 Å². The van der Waals surface area contributed by atoms with Crippen molar-refractivity contribution >= 4 is 11.8 Å². The number of benzene rings is 1. The second kappa shape index (κ2) is 7.46. The minimum atomic E-state index is -0.281. The Kier molecular flexibility index (Phi) is 5.12. The number of carbonyl (C=O) groups excluding carboxylic acids is 2. The lowest BCUT2D eigenvalue weighted by molar-refractivity contribution is -0.133. The summed E-state index contributed by atoms with van der Waals surface area (Å²) in [6.45, 7) is 1.47. The molecule has 0 saturated carbocycles. The third kappa shape index (κ3) is 4.45. The van der Waals surface area contributed by atoms with E-state index in [0.29, 0.717) is 17.8 Å². The van der Waals surface area contributed by atoms with Gasteiger partial charge < -0.3 is 20.3 Å². The van der Waals surface area contributed by atoms with Gasteiger partial charge in [-0.15, -0.1) is 0 Å². The first-order chi connectivity index (χ1) is 11.2. The van der Waals surface area contributed by atoms with E-state index in [1.165, 1.54) is 6.42 Å². The van der Waals surface area contributed by atoms with Crippen LogP contribution in [0.15, 0.2) is 30.3 Å². The Bertz CT molecular complexity index is 549. The average molecular weight is 317 g/mol. The first-order valence-corrected chi connectivity index (χ1v) is 8.19. The van der Waals surface area contributed by atoms with Gasteiger partial charge >= 0.3 is 0 Å². The van der Waals surface area contributed by atoms with Crippen LogP contribution in [0.1, 0.15) is 19.3 Å². The van der Waals surface area contributed by atoms with E-state index in [-0.39, 0.29) is 25.0 Å². The zero-order valence-electron chi connectivity index (χ0n) is 13.2. The lowest BCUT2D eigenvalue weighted by Gasteiger charge is -2.24. The molecule has 2 fully saturated rings. The first-order valence-electron chi connectivity index (χ1n) is 8.19. The van der Waals surface area contributed by atoms with Gasteiger partial charge in [0.05, 0.1) is 6.54 Å². The highest BCUT2D eigenvalue weighted by Gasteiger charge is 2.30. The van der Waals surface area contributed by atoms with E-state index >= 15 is 0 Å². The summed E-state index contributed by atoms with van der Waals surface area (Å²) in [6, 6.07) is 10.1. The van der Waals surface area contributed by atoms with E-state index in [4.69, 9.17) is 4.74 Å². The molecule has 2 N–H and O–H groups in total. The molecule has 0 spiro atoms. The summed E-state index contributed by atoms with van der Waals surface area (Å²) in [6.07, 6.45) is 3.33. The van der Waals surface area contributed by atoms with Crippen molar-refractivity contribution in [2.45, 2.75) is 31.3 Å². The quantitative estimate of drug-likeness (QED) is 0.831. The first kappa shape index (κ1) is 15.8. The Hall–Kier alpha value is -2.08. The molecule has 2 heterocycles. The Balaban J connectivity index is 1.39. The maximum atomic E-state index is 12.2. The third-order valence-electron chi connectivity index (χ3n) is 4.43. The van der Waals surface area contributed by atoms with Crippen molar-refractivity contribution in [3.05, 3.63) is 30.3 Å². The summed E-state index contributed by atoms with van der Waals surface area (Å²) < 4.78 is 5.36. The van der Waals surface area contributed by atoms with E-state index < -0.39 is 0 Å². The van der Waals surface area contributed by atoms with Crippen molar-refractivity contribution in [3.8, 4) is 5.75 Å². The van der Waals surface area contributed by atoms with Gasteiger partial charge in [-0.25, -0.2) is 0 Å². The summed E-state index contributed by atoms with van der Waals surface area (Å²) in [5, 5.41) is 6.18. The molecule has 1 aromatic carbocycles. The number of rotatable bonds is 5. The Labute approximate surface area is 136 Å². The molecule has 0 aliphatic carbocycles. The number of hydrogen-bond acceptors (Lipinski definition) is 4. The van der Waals surface area contributed by atoms with Crippen LogP contribution in [0.3, 0.4) is 0 Å². The van der Waals surface area contributed by atoms with Crippen LogP contribution in [0.4, 0.5) is 0 Å². The molecule has 0 radical (unpaired) electrons. The predicted molar refractivity (Wildman–Crippen MR) is 86.1 cm³/mol. The topological polar surface area (TPSA) is 70.7 Å². The minimum absolute atomic E-state index is 0.0209. The zero-order valence-corrected chi connectivity index (χ0v) is 13.2. The van der Waals surface area contributed by atoms with E-state index in [2.05, 4.69) is 10.6 Å². The van der Waals surface area contributed by atoms with Crippen molar-refractivity contribution in [2.24, 2.45) is 0 Å². The van der Waals surface area contributed by atoms with Gasteiger partial charge in [0.2, 0.25) is 5.91 Å². The lowest BCUT2D eigenvalue weighted by atomic mass is 10.1. The number of ether oxygens (including phenoxy) is 1. The molecule has 0 aromatic heterocycles. The molecular weight excluding hydrogens is 294 g/mol. The monoisotopic (exact) mass is 317 g/mol. The van der Waals surface area contributed by atoms with E-state index in [0.717, 1.165) is 25.9 Å². The van der Waals surface area contributed by atoms with Gasteiger partial charge in [-0.2, -0.15) is 0 Å². The van der Waals surface area contributed by atoms with Gasteiger partial charge in [-0.3, -0.25) is 9.59 Å². The number of nitrogens with zero attached hydrogens (tertiary/aromatic N) is 1. The van der Waals surface area contributed by atoms with Crippen LogP contribution < -0.4 is 15.4 Å². The number of amides is 2. The van der Waals surface area contributed by atoms with Crippen molar-refractivity contribution in [3.63, 3.8) is 0 Å². The van der Waals surface area contributed by atoms with Gasteiger partial charge in [0.15, 0.2) is 6.61 Å². The van der Waals surface area contributed by atoms with Crippen LogP contribution in [-0.4, -0.2) is 55.0 Å². The zero-order chi connectivity index (χ0) is 16.1. The Morgan fingerprint density at radius 1 is 1.17 bits per heavy atom. The number of fused-ring (bicyclic) bond motifs is 2. The van der Waals surface area contributed by atoms with Crippen LogP contribution in [-0.2, 0) is 9.59 Å². The SMILES string of the molecule is O=C(COc1ccccc1)NCC(=O)N1CCC2CCC(C1)N2. The number of hydrogen-bond donors (Lipinski definition) is 2. The molecule has 124 valence electrons. The van der Waals surface area contributed by atoms with Crippen molar-refractivity contribution < 1.29 is 14.3 Å². The number of nitrogens with one attached hydrogen (secondary N) is 2. The molecule has 2 amide bonds. The van der Waals surface area contributed by atoms with Crippen molar-refractivity contribution in [1.29, 1.82) is 0 Å². The molecule has 2 atom stereocenters. The molecule has 6 heteroatoms. The summed E-state index contributed by atoms with van der Waals surface area (Å²) in [5.74, 6) is 0.340. The highest BCUT2D eigenvalue weighted by molar-refractivity contribution is 5.85. The minimum Gasteiger partial charge on any atom is -0.484 e. The maximum Gasteiger partial charge on any atom is 0.258 e. The Morgan fingerprint density at radius 3 is 2.78 bits per heavy atom. The second-order valence-electron chi connectivity index (χ2n) is 6.14. The fraction of sp³-hybridized carbons (Fsp3) is 0.529. The predicted octanol–water partition coefficient (Wildman–Crippen LogP) is 0.534. The molecule has 1 aromatic rings. The Morgan fingerprint density at radius 2 is 1.96 bits per heavy atom. The normalized spacial score (nSPS) is 23.2.